The van der Waals surface area contributed by atoms with E-state index in [4.69, 9.17) is 4.74 Å². The highest BCUT2D eigenvalue weighted by atomic mass is 16.5. The van der Waals surface area contributed by atoms with Crippen molar-refractivity contribution >= 4 is 0 Å². The average Bonchev–Trinajstić information content (AvgIpc) is 2.55. The first-order valence-corrected chi connectivity index (χ1v) is 9.76. The lowest BCUT2D eigenvalue weighted by Gasteiger charge is -2.28. The van der Waals surface area contributed by atoms with E-state index in [1.807, 2.05) is 0 Å². The SMILES string of the molecule is CC(C)CC(Cc1ccccc1)OC(Cc1ccccc1)CC(C)C. The largest absolute Gasteiger partial charge is 0.374 e. The molecule has 0 aliphatic rings. The molecule has 0 amide bonds. The summed E-state index contributed by atoms with van der Waals surface area (Å²) in [7, 11) is 0. The van der Waals surface area contributed by atoms with Gasteiger partial charge in [0, 0.05) is 0 Å². The van der Waals surface area contributed by atoms with Crippen molar-refractivity contribution < 1.29 is 4.74 Å². The fraction of sp³-hybridized carbons (Fsp3) is 0.500. The molecule has 0 fully saturated rings. The van der Waals surface area contributed by atoms with Crippen molar-refractivity contribution in [1.82, 2.24) is 0 Å². The lowest BCUT2D eigenvalue weighted by atomic mass is 9.96. The Hall–Kier alpha value is -1.60. The van der Waals surface area contributed by atoms with E-state index in [9.17, 15) is 0 Å². The maximum absolute atomic E-state index is 6.68. The van der Waals surface area contributed by atoms with Crippen LogP contribution in [0.15, 0.2) is 60.7 Å². The molecular formula is C24H34O. The molecule has 0 spiro atoms. The third-order valence-electron chi connectivity index (χ3n) is 4.47. The molecule has 25 heavy (non-hydrogen) atoms. The molecule has 1 nitrogen and oxygen atoms in total. The minimum atomic E-state index is 0.287. The highest BCUT2D eigenvalue weighted by molar-refractivity contribution is 5.17. The Morgan fingerprint density at radius 1 is 0.600 bits per heavy atom. The minimum Gasteiger partial charge on any atom is -0.374 e. The number of hydrogen-bond acceptors (Lipinski definition) is 1. The molecule has 0 radical (unpaired) electrons. The lowest BCUT2D eigenvalue weighted by Crippen LogP contribution is -2.28. The summed E-state index contributed by atoms with van der Waals surface area (Å²) in [5.41, 5.74) is 2.74. The van der Waals surface area contributed by atoms with Gasteiger partial charge in [0.1, 0.15) is 0 Å². The van der Waals surface area contributed by atoms with E-state index in [1.165, 1.54) is 11.1 Å². The molecular weight excluding hydrogens is 304 g/mol. The van der Waals surface area contributed by atoms with Crippen LogP contribution in [0.3, 0.4) is 0 Å². The zero-order valence-corrected chi connectivity index (χ0v) is 16.3. The Morgan fingerprint density at radius 3 is 1.28 bits per heavy atom. The molecule has 1 heteroatoms. The summed E-state index contributed by atoms with van der Waals surface area (Å²) in [4.78, 5) is 0. The number of benzene rings is 2. The Morgan fingerprint density at radius 2 is 0.960 bits per heavy atom. The van der Waals surface area contributed by atoms with E-state index in [2.05, 4.69) is 88.4 Å². The molecule has 0 heterocycles. The van der Waals surface area contributed by atoms with Gasteiger partial charge in [-0.3, -0.25) is 0 Å². The van der Waals surface area contributed by atoms with E-state index >= 15 is 0 Å². The van der Waals surface area contributed by atoms with E-state index in [1.54, 1.807) is 0 Å². The molecule has 0 saturated heterocycles. The molecule has 0 N–H and O–H groups in total. The number of hydrogen-bond donors (Lipinski definition) is 0. The Labute approximate surface area is 154 Å². The highest BCUT2D eigenvalue weighted by Crippen LogP contribution is 2.21. The molecule has 0 aliphatic heterocycles. The first-order valence-electron chi connectivity index (χ1n) is 9.76. The maximum Gasteiger partial charge on any atom is 0.0621 e. The van der Waals surface area contributed by atoms with Gasteiger partial charge in [0.05, 0.1) is 12.2 Å². The number of rotatable bonds is 10. The first kappa shape index (κ1) is 19.7. The van der Waals surface area contributed by atoms with Crippen LogP contribution < -0.4 is 0 Å². The van der Waals surface area contributed by atoms with Crippen molar-refractivity contribution in [3.05, 3.63) is 71.8 Å². The van der Waals surface area contributed by atoms with Crippen molar-refractivity contribution in [2.45, 2.75) is 65.6 Å². The molecule has 2 unspecified atom stereocenters. The zero-order valence-electron chi connectivity index (χ0n) is 16.3. The van der Waals surface area contributed by atoms with Gasteiger partial charge in [-0.25, -0.2) is 0 Å². The second kappa shape index (κ2) is 10.4. The lowest BCUT2D eigenvalue weighted by molar-refractivity contribution is -0.0302. The first-order chi connectivity index (χ1) is 12.0. The predicted octanol–water partition coefficient (Wildman–Crippen LogP) is 6.32. The van der Waals surface area contributed by atoms with Gasteiger partial charge >= 0.3 is 0 Å². The second-order valence-electron chi connectivity index (χ2n) is 8.02. The third-order valence-corrected chi connectivity index (χ3v) is 4.47. The summed E-state index contributed by atoms with van der Waals surface area (Å²) in [6.07, 6.45) is 4.80. The molecule has 0 aliphatic carbocycles. The molecule has 2 atom stereocenters. The standard InChI is InChI=1S/C24H34O/c1-19(2)15-23(17-21-11-7-5-8-12-21)25-24(16-20(3)4)18-22-13-9-6-10-14-22/h5-14,19-20,23-24H,15-18H2,1-4H3. The molecule has 0 aromatic heterocycles. The fourth-order valence-electron chi connectivity index (χ4n) is 3.45. The normalized spacial score (nSPS) is 14.0. The van der Waals surface area contributed by atoms with Crippen LogP contribution in [0, 0.1) is 11.8 Å². The molecule has 2 aromatic carbocycles. The van der Waals surface area contributed by atoms with Crippen molar-refractivity contribution in [2.24, 2.45) is 11.8 Å². The van der Waals surface area contributed by atoms with E-state index in [0.29, 0.717) is 11.8 Å². The van der Waals surface area contributed by atoms with Crippen LogP contribution in [0.25, 0.3) is 0 Å². The van der Waals surface area contributed by atoms with Crippen LogP contribution >= 0.6 is 0 Å². The molecule has 0 bridgehead atoms. The van der Waals surface area contributed by atoms with Crippen LogP contribution in [-0.2, 0) is 17.6 Å². The topological polar surface area (TPSA) is 9.23 Å². The maximum atomic E-state index is 6.68. The smallest absolute Gasteiger partial charge is 0.0621 e. The van der Waals surface area contributed by atoms with Crippen molar-refractivity contribution in [3.8, 4) is 0 Å². The van der Waals surface area contributed by atoms with Gasteiger partial charge < -0.3 is 4.74 Å². The van der Waals surface area contributed by atoms with Gasteiger partial charge in [-0.05, 0) is 48.6 Å². The molecule has 2 rings (SSSR count). The van der Waals surface area contributed by atoms with Gasteiger partial charge in [-0.15, -0.1) is 0 Å². The summed E-state index contributed by atoms with van der Waals surface area (Å²) in [5.74, 6) is 1.29. The van der Waals surface area contributed by atoms with E-state index in [0.717, 1.165) is 25.7 Å². The molecule has 136 valence electrons. The minimum absolute atomic E-state index is 0.287. The van der Waals surface area contributed by atoms with Crippen molar-refractivity contribution in [1.29, 1.82) is 0 Å². The van der Waals surface area contributed by atoms with Crippen LogP contribution in [-0.4, -0.2) is 12.2 Å². The quantitative estimate of drug-likeness (QED) is 0.492. The fourth-order valence-corrected chi connectivity index (χ4v) is 3.45. The Balaban J connectivity index is 2.07. The monoisotopic (exact) mass is 338 g/mol. The van der Waals surface area contributed by atoms with Crippen LogP contribution in [0.5, 0.6) is 0 Å². The van der Waals surface area contributed by atoms with E-state index in [-0.39, 0.29) is 12.2 Å². The Bertz CT molecular complexity index is 520. The summed E-state index contributed by atoms with van der Waals surface area (Å²) in [5, 5.41) is 0. The predicted molar refractivity (Wildman–Crippen MR) is 108 cm³/mol. The third kappa shape index (κ3) is 7.88. The van der Waals surface area contributed by atoms with Crippen LogP contribution in [0.4, 0.5) is 0 Å². The van der Waals surface area contributed by atoms with Gasteiger partial charge in [0.25, 0.3) is 0 Å². The van der Waals surface area contributed by atoms with Crippen molar-refractivity contribution in [3.63, 3.8) is 0 Å². The summed E-state index contributed by atoms with van der Waals surface area (Å²) < 4.78 is 6.68. The summed E-state index contributed by atoms with van der Waals surface area (Å²) >= 11 is 0. The Kier molecular flexibility index (Phi) is 8.21. The van der Waals surface area contributed by atoms with Gasteiger partial charge in [0.2, 0.25) is 0 Å². The van der Waals surface area contributed by atoms with Crippen LogP contribution in [0.1, 0.15) is 51.7 Å². The van der Waals surface area contributed by atoms with Gasteiger partial charge in [-0.2, -0.15) is 0 Å². The second-order valence-corrected chi connectivity index (χ2v) is 8.02. The van der Waals surface area contributed by atoms with E-state index < -0.39 is 0 Å². The van der Waals surface area contributed by atoms with Crippen molar-refractivity contribution in [2.75, 3.05) is 0 Å². The summed E-state index contributed by atoms with van der Waals surface area (Å²) in [6.45, 7) is 9.15. The van der Waals surface area contributed by atoms with Crippen LogP contribution in [0.2, 0.25) is 0 Å². The zero-order chi connectivity index (χ0) is 18.1. The summed E-state index contributed by atoms with van der Waals surface area (Å²) in [6, 6.07) is 21.5. The van der Waals surface area contributed by atoms with Gasteiger partial charge in [0.15, 0.2) is 0 Å². The highest BCUT2D eigenvalue weighted by Gasteiger charge is 2.20. The molecule has 2 aromatic rings. The molecule has 0 saturated carbocycles. The van der Waals surface area contributed by atoms with Gasteiger partial charge in [-0.1, -0.05) is 88.4 Å². The average molecular weight is 339 g/mol. The number of ether oxygens (including phenoxy) is 1.